The van der Waals surface area contributed by atoms with Crippen LogP contribution in [0.3, 0.4) is 0 Å². The van der Waals surface area contributed by atoms with Gasteiger partial charge in [0.15, 0.2) is 6.10 Å². The average Bonchev–Trinajstić information content (AvgIpc) is 2.46. The van der Waals surface area contributed by atoms with Gasteiger partial charge in [-0.25, -0.2) is 0 Å². The Morgan fingerprint density at radius 1 is 1.44 bits per heavy atom. The van der Waals surface area contributed by atoms with Gasteiger partial charge in [0, 0.05) is 12.4 Å². The first-order valence-corrected chi connectivity index (χ1v) is 6.17. The van der Waals surface area contributed by atoms with Crippen molar-refractivity contribution in [1.29, 1.82) is 10.5 Å². The molecule has 1 saturated heterocycles. The van der Waals surface area contributed by atoms with Crippen LogP contribution in [0.25, 0.3) is 0 Å². The first-order chi connectivity index (χ1) is 8.78. The van der Waals surface area contributed by atoms with Gasteiger partial charge in [0.25, 0.3) is 0 Å². The number of anilines is 1. The van der Waals surface area contributed by atoms with Crippen LogP contribution >= 0.6 is 11.6 Å². The number of alkyl halides is 1. The molecule has 92 valence electrons. The van der Waals surface area contributed by atoms with Gasteiger partial charge in [0.2, 0.25) is 0 Å². The average molecular weight is 262 g/mol. The first kappa shape index (κ1) is 12.7. The third kappa shape index (κ3) is 2.56. The van der Waals surface area contributed by atoms with E-state index >= 15 is 0 Å². The van der Waals surface area contributed by atoms with E-state index in [-0.39, 0.29) is 0 Å². The molecule has 1 aromatic rings. The highest BCUT2D eigenvalue weighted by Gasteiger charge is 2.22. The minimum absolute atomic E-state index is 0.388. The lowest BCUT2D eigenvalue weighted by atomic mass is 10.1. The Hall–Kier alpha value is -1.75. The Morgan fingerprint density at radius 2 is 2.28 bits per heavy atom. The zero-order chi connectivity index (χ0) is 13.0. The summed E-state index contributed by atoms with van der Waals surface area (Å²) in [6, 6.07) is 9.85. The number of benzene rings is 1. The Labute approximate surface area is 111 Å². The van der Waals surface area contributed by atoms with Crippen LogP contribution in [-0.2, 0) is 10.6 Å². The van der Waals surface area contributed by atoms with Gasteiger partial charge in [0.1, 0.15) is 6.07 Å². The summed E-state index contributed by atoms with van der Waals surface area (Å²) in [4.78, 5) is 2.01. The standard InChI is InChI=1S/C13H12ClN3O/c14-6-10-1-2-13(11(5-10)7-15)17-3-4-18-12(8-16)9-17/h1-2,5,12H,3-4,6,9H2. The number of ether oxygens (including phenoxy) is 1. The minimum atomic E-state index is -0.432. The zero-order valence-electron chi connectivity index (χ0n) is 9.77. The van der Waals surface area contributed by atoms with Crippen molar-refractivity contribution in [3.8, 4) is 12.1 Å². The third-order valence-electron chi connectivity index (χ3n) is 2.89. The summed E-state index contributed by atoms with van der Waals surface area (Å²) in [5.74, 6) is 0.388. The van der Waals surface area contributed by atoms with Crippen molar-refractivity contribution in [2.24, 2.45) is 0 Å². The van der Waals surface area contributed by atoms with E-state index in [9.17, 15) is 5.26 Å². The monoisotopic (exact) mass is 261 g/mol. The topological polar surface area (TPSA) is 60.1 Å². The van der Waals surface area contributed by atoms with E-state index in [4.69, 9.17) is 21.6 Å². The van der Waals surface area contributed by atoms with Crippen LogP contribution in [0.15, 0.2) is 18.2 Å². The minimum Gasteiger partial charge on any atom is -0.364 e. The summed E-state index contributed by atoms with van der Waals surface area (Å²) >= 11 is 5.75. The molecule has 0 amide bonds. The molecule has 1 aliphatic rings. The highest BCUT2D eigenvalue weighted by Crippen LogP contribution is 2.24. The molecule has 0 radical (unpaired) electrons. The highest BCUT2D eigenvalue weighted by atomic mass is 35.5. The molecule has 1 heterocycles. The van der Waals surface area contributed by atoms with E-state index in [1.165, 1.54) is 0 Å². The van der Waals surface area contributed by atoms with Gasteiger partial charge in [-0.05, 0) is 17.7 Å². The lowest BCUT2D eigenvalue weighted by Gasteiger charge is -2.32. The summed E-state index contributed by atoms with van der Waals surface area (Å²) in [7, 11) is 0. The predicted octanol–water partition coefficient (Wildman–Crippen LogP) is 2.03. The molecular weight excluding hydrogens is 250 g/mol. The Morgan fingerprint density at radius 3 is 2.94 bits per heavy atom. The number of morpholine rings is 1. The first-order valence-electron chi connectivity index (χ1n) is 5.63. The molecule has 2 rings (SSSR count). The van der Waals surface area contributed by atoms with E-state index in [0.717, 1.165) is 11.3 Å². The molecule has 5 heteroatoms. The van der Waals surface area contributed by atoms with Crippen LogP contribution in [0.4, 0.5) is 5.69 Å². The van der Waals surface area contributed by atoms with Gasteiger partial charge in [0.05, 0.1) is 30.5 Å². The molecule has 0 aliphatic carbocycles. The van der Waals surface area contributed by atoms with E-state index in [1.807, 2.05) is 17.0 Å². The fraction of sp³-hybridized carbons (Fsp3) is 0.385. The summed E-state index contributed by atoms with van der Waals surface area (Å²) < 4.78 is 5.29. The number of hydrogen-bond donors (Lipinski definition) is 0. The van der Waals surface area contributed by atoms with Crippen LogP contribution in [0, 0.1) is 22.7 Å². The quantitative estimate of drug-likeness (QED) is 0.765. The second-order valence-corrected chi connectivity index (χ2v) is 4.30. The molecule has 1 atom stereocenters. The van der Waals surface area contributed by atoms with Crippen molar-refractivity contribution >= 4 is 17.3 Å². The largest absolute Gasteiger partial charge is 0.364 e. The lowest BCUT2D eigenvalue weighted by Crippen LogP contribution is -2.42. The molecule has 0 N–H and O–H groups in total. The van der Waals surface area contributed by atoms with Crippen molar-refractivity contribution in [2.75, 3.05) is 24.6 Å². The predicted molar refractivity (Wildman–Crippen MR) is 68.3 cm³/mol. The summed E-state index contributed by atoms with van der Waals surface area (Å²) in [6.45, 7) is 1.68. The molecule has 1 aromatic carbocycles. The number of nitrogens with zero attached hydrogens (tertiary/aromatic N) is 3. The van der Waals surface area contributed by atoms with Crippen molar-refractivity contribution in [3.05, 3.63) is 29.3 Å². The molecule has 0 spiro atoms. The lowest BCUT2D eigenvalue weighted by molar-refractivity contribution is 0.0764. The molecule has 1 fully saturated rings. The molecular formula is C13H12ClN3O. The Kier molecular flexibility index (Phi) is 4.04. The number of halogens is 1. The maximum absolute atomic E-state index is 9.18. The van der Waals surface area contributed by atoms with Gasteiger partial charge in [-0.1, -0.05) is 6.07 Å². The van der Waals surface area contributed by atoms with Crippen molar-refractivity contribution in [2.45, 2.75) is 12.0 Å². The molecule has 1 unspecified atom stereocenters. The van der Waals surface area contributed by atoms with Crippen molar-refractivity contribution in [3.63, 3.8) is 0 Å². The number of hydrogen-bond acceptors (Lipinski definition) is 4. The smallest absolute Gasteiger partial charge is 0.161 e. The maximum atomic E-state index is 9.18. The van der Waals surface area contributed by atoms with E-state index < -0.39 is 6.10 Å². The van der Waals surface area contributed by atoms with Gasteiger partial charge < -0.3 is 9.64 Å². The van der Waals surface area contributed by atoms with Gasteiger partial charge in [-0.2, -0.15) is 10.5 Å². The van der Waals surface area contributed by atoms with E-state index in [0.29, 0.717) is 31.1 Å². The normalized spacial score (nSPS) is 19.1. The molecule has 0 aromatic heterocycles. The van der Waals surface area contributed by atoms with Crippen LogP contribution in [-0.4, -0.2) is 25.8 Å². The molecule has 0 saturated carbocycles. The molecule has 4 nitrogen and oxygen atoms in total. The van der Waals surface area contributed by atoms with Crippen LogP contribution in [0.1, 0.15) is 11.1 Å². The molecule has 1 aliphatic heterocycles. The molecule has 0 bridgehead atoms. The SMILES string of the molecule is N#Cc1cc(CCl)ccc1N1CCOC(C#N)C1. The zero-order valence-corrected chi connectivity index (χ0v) is 10.5. The fourth-order valence-corrected chi connectivity index (χ4v) is 2.14. The van der Waals surface area contributed by atoms with Crippen molar-refractivity contribution in [1.82, 2.24) is 0 Å². The van der Waals surface area contributed by atoms with Crippen LogP contribution in [0.5, 0.6) is 0 Å². The van der Waals surface area contributed by atoms with Crippen molar-refractivity contribution < 1.29 is 4.74 Å². The second-order valence-electron chi connectivity index (χ2n) is 4.03. The van der Waals surface area contributed by atoms with E-state index in [1.54, 1.807) is 6.07 Å². The Balaban J connectivity index is 2.28. The molecule has 18 heavy (non-hydrogen) atoms. The summed E-state index contributed by atoms with van der Waals surface area (Å²) in [6.07, 6.45) is -0.432. The maximum Gasteiger partial charge on any atom is 0.161 e. The van der Waals surface area contributed by atoms with Gasteiger partial charge >= 0.3 is 0 Å². The van der Waals surface area contributed by atoms with Gasteiger partial charge in [-0.15, -0.1) is 11.6 Å². The number of rotatable bonds is 2. The van der Waals surface area contributed by atoms with Crippen LogP contribution < -0.4 is 4.90 Å². The number of nitriles is 2. The third-order valence-corrected chi connectivity index (χ3v) is 3.20. The fourth-order valence-electron chi connectivity index (χ4n) is 1.98. The van der Waals surface area contributed by atoms with E-state index in [2.05, 4.69) is 12.1 Å². The highest BCUT2D eigenvalue weighted by molar-refractivity contribution is 6.17. The van der Waals surface area contributed by atoms with Crippen LogP contribution in [0.2, 0.25) is 0 Å². The summed E-state index contributed by atoms with van der Waals surface area (Å²) in [5, 5.41) is 18.1. The van der Waals surface area contributed by atoms with Gasteiger partial charge in [-0.3, -0.25) is 0 Å². The second kappa shape index (κ2) is 5.73. The summed E-state index contributed by atoms with van der Waals surface area (Å²) in [5.41, 5.74) is 2.35. The Bertz CT molecular complexity index is 518.